The minimum atomic E-state index is -0.412. The quantitative estimate of drug-likeness (QED) is 0.633. The molecule has 0 N–H and O–H groups in total. The molecule has 0 radical (unpaired) electrons. The highest BCUT2D eigenvalue weighted by atomic mass is 32.1. The lowest BCUT2D eigenvalue weighted by Gasteiger charge is -2.20. The van der Waals surface area contributed by atoms with Crippen molar-refractivity contribution in [3.05, 3.63) is 27.8 Å². The predicted octanol–water partition coefficient (Wildman–Crippen LogP) is 2.80. The number of rotatable bonds is 4. The summed E-state index contributed by atoms with van der Waals surface area (Å²) in [5, 5.41) is 20.1. The maximum Gasteiger partial charge on any atom is 0.319 e. The van der Waals surface area contributed by atoms with Crippen LogP contribution in [0, 0.1) is 27.4 Å². The lowest BCUT2D eigenvalue weighted by Crippen LogP contribution is -2.24. The highest BCUT2D eigenvalue weighted by Gasteiger charge is 2.23. The Morgan fingerprint density at radius 1 is 1.63 bits per heavy atom. The van der Waals surface area contributed by atoms with Gasteiger partial charge in [-0.2, -0.15) is 5.26 Å². The third kappa shape index (κ3) is 2.48. The summed E-state index contributed by atoms with van der Waals surface area (Å²) in [5.74, 6) is -0.198. The van der Waals surface area contributed by atoms with E-state index < -0.39 is 4.92 Å². The van der Waals surface area contributed by atoms with Crippen molar-refractivity contribution < 1.29 is 4.92 Å². The van der Waals surface area contributed by atoms with Crippen molar-refractivity contribution in [3.63, 3.8) is 0 Å². The van der Waals surface area contributed by atoms with Gasteiger partial charge in [-0.25, -0.2) is 4.98 Å². The van der Waals surface area contributed by atoms with Gasteiger partial charge in [-0.1, -0.05) is 0 Å². The average Bonchev–Trinajstić information content (AvgIpc) is 2.84. The van der Waals surface area contributed by atoms with Gasteiger partial charge in [-0.15, -0.1) is 11.3 Å². The van der Waals surface area contributed by atoms with Crippen LogP contribution in [0.2, 0.25) is 0 Å². The first-order valence-corrected chi connectivity index (χ1v) is 6.54. The second-order valence-corrected chi connectivity index (χ2v) is 5.19. The van der Waals surface area contributed by atoms with Crippen molar-refractivity contribution in [1.82, 2.24) is 4.98 Å². The summed E-state index contributed by atoms with van der Waals surface area (Å²) in [6, 6.07) is 5.65. The molecule has 6 nitrogen and oxygen atoms in total. The summed E-state index contributed by atoms with van der Waals surface area (Å²) in [7, 11) is 1.74. The van der Waals surface area contributed by atoms with Gasteiger partial charge in [0.15, 0.2) is 5.52 Å². The highest BCUT2D eigenvalue weighted by Crippen LogP contribution is 2.36. The molecule has 1 unspecified atom stereocenters. The van der Waals surface area contributed by atoms with Gasteiger partial charge in [0.1, 0.15) is 5.69 Å². The van der Waals surface area contributed by atoms with Crippen molar-refractivity contribution in [2.24, 2.45) is 5.92 Å². The number of nitriles is 1. The van der Waals surface area contributed by atoms with Crippen molar-refractivity contribution in [2.45, 2.75) is 6.92 Å². The largest absolute Gasteiger partial charge is 0.368 e. The van der Waals surface area contributed by atoms with Crippen LogP contribution in [0.5, 0.6) is 0 Å². The molecule has 19 heavy (non-hydrogen) atoms. The number of hydrogen-bond acceptors (Lipinski definition) is 6. The Hall–Kier alpha value is -2.20. The highest BCUT2D eigenvalue weighted by molar-refractivity contribution is 7.16. The summed E-state index contributed by atoms with van der Waals surface area (Å²) in [4.78, 5) is 16.7. The van der Waals surface area contributed by atoms with Gasteiger partial charge in [0, 0.05) is 13.6 Å². The van der Waals surface area contributed by atoms with E-state index in [1.165, 1.54) is 11.3 Å². The van der Waals surface area contributed by atoms with Gasteiger partial charge < -0.3 is 4.90 Å². The number of nitro groups is 1. The zero-order valence-corrected chi connectivity index (χ0v) is 11.3. The maximum atomic E-state index is 11.3. The molecule has 0 saturated carbocycles. The molecular formula is C12H12N4O2S. The minimum Gasteiger partial charge on any atom is -0.368 e. The molecule has 7 heteroatoms. The first-order valence-electron chi connectivity index (χ1n) is 5.66. The average molecular weight is 276 g/mol. The van der Waals surface area contributed by atoms with Crippen LogP contribution in [0.3, 0.4) is 0 Å². The lowest BCUT2D eigenvalue weighted by molar-refractivity contribution is -0.382. The topological polar surface area (TPSA) is 83.1 Å². The smallest absolute Gasteiger partial charge is 0.319 e. The third-order valence-corrected chi connectivity index (χ3v) is 3.61. The number of benzene rings is 1. The molecule has 0 aliphatic heterocycles. The molecule has 0 bridgehead atoms. The summed E-state index contributed by atoms with van der Waals surface area (Å²) >= 11 is 1.37. The van der Waals surface area contributed by atoms with Gasteiger partial charge in [-0.3, -0.25) is 10.1 Å². The van der Waals surface area contributed by atoms with Gasteiger partial charge in [-0.05, 0) is 19.1 Å². The Kier molecular flexibility index (Phi) is 3.62. The number of fused-ring (bicyclic) bond motifs is 1. The van der Waals surface area contributed by atoms with Gasteiger partial charge in [0.25, 0.3) is 0 Å². The molecular weight excluding hydrogens is 264 g/mol. The molecule has 98 valence electrons. The molecule has 0 fully saturated rings. The van der Waals surface area contributed by atoms with E-state index in [-0.39, 0.29) is 11.6 Å². The third-order valence-electron chi connectivity index (χ3n) is 2.82. The molecule has 0 aliphatic carbocycles. The second-order valence-electron chi connectivity index (χ2n) is 4.30. The van der Waals surface area contributed by atoms with Crippen LogP contribution in [0.25, 0.3) is 10.2 Å². The van der Waals surface area contributed by atoms with Crippen LogP contribution >= 0.6 is 11.3 Å². The number of aromatic nitrogens is 1. The number of hydrogen-bond donors (Lipinski definition) is 0. The Bertz CT molecular complexity index is 661. The zero-order valence-electron chi connectivity index (χ0n) is 10.5. The Balaban J connectivity index is 2.50. The molecule has 0 amide bonds. The molecule has 0 aliphatic rings. The Morgan fingerprint density at radius 2 is 2.37 bits per heavy atom. The molecule has 2 aromatic rings. The SMILES string of the molecule is CC(C#N)CN(C)c1ccc2scnc2c1[N+](=O)[O-]. The van der Waals surface area contributed by atoms with E-state index in [4.69, 9.17) is 5.26 Å². The molecule has 1 aromatic carbocycles. The molecule has 1 aromatic heterocycles. The monoisotopic (exact) mass is 276 g/mol. The molecule has 1 atom stereocenters. The van der Waals surface area contributed by atoms with E-state index in [2.05, 4.69) is 11.1 Å². The van der Waals surface area contributed by atoms with Crippen molar-refractivity contribution >= 4 is 32.9 Å². The van der Waals surface area contributed by atoms with E-state index in [0.717, 1.165) is 4.70 Å². The minimum absolute atomic E-state index is 0.00592. The first-order chi connectivity index (χ1) is 9.04. The standard InChI is InChI=1S/C12H12N4O2S/c1-8(5-13)6-15(2)9-3-4-10-11(14-7-19-10)12(9)16(17)18/h3-4,7-8H,6H2,1-2H3. The lowest BCUT2D eigenvalue weighted by atomic mass is 10.1. The molecule has 0 spiro atoms. The maximum absolute atomic E-state index is 11.3. The van der Waals surface area contributed by atoms with Crippen LogP contribution in [-0.4, -0.2) is 23.5 Å². The molecule has 2 rings (SSSR count). The zero-order chi connectivity index (χ0) is 14.0. The summed E-state index contributed by atoms with van der Waals surface area (Å²) in [6.45, 7) is 2.22. The van der Waals surface area contributed by atoms with Crippen LogP contribution < -0.4 is 4.90 Å². The van der Waals surface area contributed by atoms with Crippen molar-refractivity contribution in [2.75, 3.05) is 18.5 Å². The van der Waals surface area contributed by atoms with E-state index >= 15 is 0 Å². The fourth-order valence-electron chi connectivity index (χ4n) is 1.94. The van der Waals surface area contributed by atoms with E-state index in [1.54, 1.807) is 30.4 Å². The van der Waals surface area contributed by atoms with Gasteiger partial charge >= 0.3 is 5.69 Å². The van der Waals surface area contributed by atoms with Gasteiger partial charge in [0.05, 0.1) is 27.1 Å². The van der Waals surface area contributed by atoms with Gasteiger partial charge in [0.2, 0.25) is 0 Å². The Morgan fingerprint density at radius 3 is 3.00 bits per heavy atom. The number of nitro benzene ring substituents is 1. The fraction of sp³-hybridized carbons (Fsp3) is 0.333. The number of thiazole rings is 1. The normalized spacial score (nSPS) is 12.1. The number of anilines is 1. The van der Waals surface area contributed by atoms with E-state index in [9.17, 15) is 10.1 Å². The fourth-order valence-corrected chi connectivity index (χ4v) is 2.62. The summed E-state index contributed by atoms with van der Waals surface area (Å²) in [6.07, 6.45) is 0. The van der Waals surface area contributed by atoms with Crippen LogP contribution in [0.15, 0.2) is 17.6 Å². The van der Waals surface area contributed by atoms with Crippen LogP contribution in [-0.2, 0) is 0 Å². The second kappa shape index (κ2) is 5.20. The molecule has 1 heterocycles. The predicted molar refractivity (Wildman–Crippen MR) is 74.3 cm³/mol. The molecule has 0 saturated heterocycles. The van der Waals surface area contributed by atoms with Crippen molar-refractivity contribution in [1.29, 1.82) is 5.26 Å². The van der Waals surface area contributed by atoms with Crippen LogP contribution in [0.4, 0.5) is 11.4 Å². The summed E-state index contributed by atoms with van der Waals surface area (Å²) in [5.41, 5.74) is 2.50. The first kappa shape index (κ1) is 13.2. The van der Waals surface area contributed by atoms with Crippen LogP contribution in [0.1, 0.15) is 6.92 Å². The summed E-state index contributed by atoms with van der Waals surface area (Å²) < 4.78 is 0.789. The number of nitrogens with zero attached hydrogens (tertiary/aromatic N) is 4. The Labute approximate surface area is 114 Å². The van der Waals surface area contributed by atoms with Crippen molar-refractivity contribution in [3.8, 4) is 6.07 Å². The van der Waals surface area contributed by atoms with E-state index in [0.29, 0.717) is 17.7 Å². The van der Waals surface area contributed by atoms with E-state index in [1.807, 2.05) is 6.07 Å².